The number of benzene rings is 1. The van der Waals surface area contributed by atoms with Crippen LogP contribution >= 0.6 is 15.9 Å². The number of ether oxygens (including phenoxy) is 1. The van der Waals surface area contributed by atoms with Crippen LogP contribution in [0.4, 0.5) is 0 Å². The lowest BCUT2D eigenvalue weighted by Gasteiger charge is -2.40. The Morgan fingerprint density at radius 2 is 1.90 bits per heavy atom. The van der Waals surface area contributed by atoms with Crippen molar-refractivity contribution in [2.75, 3.05) is 32.8 Å². The summed E-state index contributed by atoms with van der Waals surface area (Å²) in [6.07, 6.45) is 0. The molecule has 7 heteroatoms. The Hall–Kier alpha value is -0.470. The van der Waals surface area contributed by atoms with Crippen LogP contribution in [0, 0.1) is 0 Å². The topological polar surface area (TPSA) is 58.6 Å². The molecule has 21 heavy (non-hydrogen) atoms. The first-order valence-corrected chi connectivity index (χ1v) is 9.17. The molecule has 0 aliphatic carbocycles. The maximum Gasteiger partial charge on any atom is 0.241 e. The lowest BCUT2D eigenvalue weighted by atomic mass is 10.0. The SMILES string of the molecule is CC(C)(CNS(=O)(=O)c1ccccc1Br)N1CCOCC1. The molecule has 0 atom stereocenters. The van der Waals surface area contributed by atoms with Crippen molar-refractivity contribution in [3.63, 3.8) is 0 Å². The molecule has 1 heterocycles. The molecule has 0 saturated carbocycles. The van der Waals surface area contributed by atoms with Gasteiger partial charge in [-0.1, -0.05) is 12.1 Å². The molecule has 1 fully saturated rings. The van der Waals surface area contributed by atoms with Gasteiger partial charge in [-0.05, 0) is 41.9 Å². The van der Waals surface area contributed by atoms with Gasteiger partial charge in [0.1, 0.15) is 0 Å². The molecule has 1 aromatic carbocycles. The molecule has 0 radical (unpaired) electrons. The minimum absolute atomic E-state index is 0.252. The summed E-state index contributed by atoms with van der Waals surface area (Å²) in [5, 5.41) is 0. The second-order valence-electron chi connectivity index (χ2n) is 5.67. The van der Waals surface area contributed by atoms with Gasteiger partial charge in [0.15, 0.2) is 0 Å². The average molecular weight is 377 g/mol. The van der Waals surface area contributed by atoms with E-state index in [0.717, 1.165) is 13.1 Å². The molecule has 0 bridgehead atoms. The fraction of sp³-hybridized carbons (Fsp3) is 0.571. The monoisotopic (exact) mass is 376 g/mol. The molecule has 1 aromatic rings. The molecule has 0 spiro atoms. The number of hydrogen-bond acceptors (Lipinski definition) is 4. The fourth-order valence-electron chi connectivity index (χ4n) is 2.29. The van der Waals surface area contributed by atoms with Crippen LogP contribution in [0.5, 0.6) is 0 Å². The molecular weight excluding hydrogens is 356 g/mol. The van der Waals surface area contributed by atoms with Crippen LogP contribution in [0.2, 0.25) is 0 Å². The minimum Gasteiger partial charge on any atom is -0.379 e. The maximum atomic E-state index is 12.4. The van der Waals surface area contributed by atoms with Gasteiger partial charge in [0.25, 0.3) is 0 Å². The average Bonchev–Trinajstić information content (AvgIpc) is 2.47. The normalized spacial score (nSPS) is 17.9. The first-order chi connectivity index (χ1) is 9.83. The van der Waals surface area contributed by atoms with Crippen molar-refractivity contribution in [3.05, 3.63) is 28.7 Å². The van der Waals surface area contributed by atoms with Crippen LogP contribution in [0.3, 0.4) is 0 Å². The second-order valence-corrected chi connectivity index (χ2v) is 8.26. The number of rotatable bonds is 5. The van der Waals surface area contributed by atoms with Gasteiger partial charge in [-0.25, -0.2) is 13.1 Å². The maximum absolute atomic E-state index is 12.4. The van der Waals surface area contributed by atoms with E-state index >= 15 is 0 Å². The molecule has 118 valence electrons. The molecule has 5 nitrogen and oxygen atoms in total. The summed E-state index contributed by atoms with van der Waals surface area (Å²) < 4.78 is 33.4. The van der Waals surface area contributed by atoms with Crippen LogP contribution in [-0.4, -0.2) is 51.7 Å². The molecule has 0 amide bonds. The van der Waals surface area contributed by atoms with Crippen LogP contribution in [0.15, 0.2) is 33.6 Å². The smallest absolute Gasteiger partial charge is 0.241 e. The largest absolute Gasteiger partial charge is 0.379 e. The zero-order valence-corrected chi connectivity index (χ0v) is 14.7. The Labute approximate surface area is 134 Å². The first kappa shape index (κ1) is 16.9. The quantitative estimate of drug-likeness (QED) is 0.851. The summed E-state index contributed by atoms with van der Waals surface area (Å²) in [6.45, 7) is 7.48. The van der Waals surface area contributed by atoms with Crippen LogP contribution in [0.1, 0.15) is 13.8 Å². The van der Waals surface area contributed by atoms with E-state index in [2.05, 4.69) is 25.6 Å². The highest BCUT2D eigenvalue weighted by Crippen LogP contribution is 2.22. The van der Waals surface area contributed by atoms with E-state index in [1.54, 1.807) is 24.3 Å². The van der Waals surface area contributed by atoms with Crippen LogP contribution in [-0.2, 0) is 14.8 Å². The van der Waals surface area contributed by atoms with Crippen LogP contribution < -0.4 is 4.72 Å². The molecule has 1 aliphatic rings. The Kier molecular flexibility index (Phi) is 5.43. The van der Waals surface area contributed by atoms with E-state index in [1.165, 1.54) is 0 Å². The molecule has 1 aliphatic heterocycles. The third-order valence-corrected chi connectivity index (χ3v) is 6.10. The highest BCUT2D eigenvalue weighted by molar-refractivity contribution is 9.10. The second kappa shape index (κ2) is 6.75. The Morgan fingerprint density at radius 1 is 1.29 bits per heavy atom. The summed E-state index contributed by atoms with van der Waals surface area (Å²) >= 11 is 3.28. The molecule has 0 unspecified atom stereocenters. The molecule has 2 rings (SSSR count). The van der Waals surface area contributed by atoms with Crippen molar-refractivity contribution in [2.24, 2.45) is 0 Å². The van der Waals surface area contributed by atoms with E-state index < -0.39 is 10.0 Å². The highest BCUT2D eigenvalue weighted by Gasteiger charge is 2.30. The van der Waals surface area contributed by atoms with E-state index in [9.17, 15) is 8.42 Å². The Morgan fingerprint density at radius 3 is 2.52 bits per heavy atom. The van der Waals surface area contributed by atoms with E-state index in [4.69, 9.17) is 4.74 Å². The van der Waals surface area contributed by atoms with Gasteiger partial charge in [0, 0.05) is 29.6 Å². The lowest BCUT2D eigenvalue weighted by Crippen LogP contribution is -2.55. The number of halogens is 1. The molecule has 1 saturated heterocycles. The van der Waals surface area contributed by atoms with Crippen molar-refractivity contribution in [1.29, 1.82) is 0 Å². The van der Waals surface area contributed by atoms with Crippen molar-refractivity contribution in [3.8, 4) is 0 Å². The Bertz CT molecular complexity index is 584. The van der Waals surface area contributed by atoms with Crippen molar-refractivity contribution >= 4 is 26.0 Å². The van der Waals surface area contributed by atoms with E-state index in [-0.39, 0.29) is 10.4 Å². The minimum atomic E-state index is -3.52. The highest BCUT2D eigenvalue weighted by atomic mass is 79.9. The van der Waals surface area contributed by atoms with Gasteiger partial charge in [0.05, 0.1) is 18.1 Å². The van der Waals surface area contributed by atoms with Crippen molar-refractivity contribution < 1.29 is 13.2 Å². The predicted octanol–water partition coefficient (Wildman–Crippen LogP) is 1.84. The standard InChI is InChI=1S/C14H21BrN2O3S/c1-14(2,17-7-9-20-10-8-17)11-16-21(18,19)13-6-4-3-5-12(13)15/h3-6,16H,7-11H2,1-2H3. The van der Waals surface area contributed by atoms with E-state index in [0.29, 0.717) is 24.2 Å². The predicted molar refractivity (Wildman–Crippen MR) is 85.8 cm³/mol. The van der Waals surface area contributed by atoms with E-state index in [1.807, 2.05) is 13.8 Å². The van der Waals surface area contributed by atoms with Gasteiger partial charge in [-0.3, -0.25) is 4.90 Å². The van der Waals surface area contributed by atoms with Crippen molar-refractivity contribution in [1.82, 2.24) is 9.62 Å². The number of nitrogens with zero attached hydrogens (tertiary/aromatic N) is 1. The van der Waals surface area contributed by atoms with Crippen molar-refractivity contribution in [2.45, 2.75) is 24.3 Å². The van der Waals surface area contributed by atoms with Gasteiger partial charge < -0.3 is 4.74 Å². The van der Waals surface area contributed by atoms with Gasteiger partial charge in [-0.2, -0.15) is 0 Å². The Balaban J connectivity index is 2.06. The van der Waals surface area contributed by atoms with Gasteiger partial charge in [0.2, 0.25) is 10.0 Å². The summed E-state index contributed by atoms with van der Waals surface area (Å²) in [7, 11) is -3.52. The third kappa shape index (κ3) is 4.26. The molecular formula is C14H21BrN2O3S. The van der Waals surface area contributed by atoms with Crippen LogP contribution in [0.25, 0.3) is 0 Å². The zero-order valence-electron chi connectivity index (χ0n) is 12.3. The number of sulfonamides is 1. The molecule has 1 N–H and O–H groups in total. The third-order valence-electron chi connectivity index (χ3n) is 3.69. The van der Waals surface area contributed by atoms with Gasteiger partial charge in [-0.15, -0.1) is 0 Å². The zero-order chi connectivity index (χ0) is 15.5. The number of hydrogen-bond donors (Lipinski definition) is 1. The number of morpholine rings is 1. The summed E-state index contributed by atoms with van der Waals surface area (Å²) in [5.41, 5.74) is -0.252. The first-order valence-electron chi connectivity index (χ1n) is 6.90. The number of nitrogens with one attached hydrogen (secondary N) is 1. The fourth-order valence-corrected chi connectivity index (χ4v) is 4.50. The lowest BCUT2D eigenvalue weighted by molar-refractivity contribution is -0.00803. The van der Waals surface area contributed by atoms with Gasteiger partial charge >= 0.3 is 0 Å². The summed E-state index contributed by atoms with van der Waals surface area (Å²) in [5.74, 6) is 0. The summed E-state index contributed by atoms with van der Waals surface area (Å²) in [6, 6.07) is 6.82. The summed E-state index contributed by atoms with van der Waals surface area (Å²) in [4.78, 5) is 2.52. The molecule has 0 aromatic heterocycles.